The van der Waals surface area contributed by atoms with E-state index >= 15 is 0 Å². The Kier molecular flexibility index (Phi) is 5.40. The van der Waals surface area contributed by atoms with Crippen LogP contribution in [0.3, 0.4) is 0 Å². The van der Waals surface area contributed by atoms with Crippen LogP contribution in [0.2, 0.25) is 0 Å². The molecule has 1 atom stereocenters. The quantitative estimate of drug-likeness (QED) is 0.759. The van der Waals surface area contributed by atoms with Crippen molar-refractivity contribution in [3.8, 4) is 17.2 Å². The van der Waals surface area contributed by atoms with Gasteiger partial charge in [-0.2, -0.15) is 0 Å². The first-order valence-electron chi connectivity index (χ1n) is 7.01. The van der Waals surface area contributed by atoms with Crippen LogP contribution in [0.15, 0.2) is 12.1 Å². The molecule has 134 valence electrons. The molecule has 1 aliphatic rings. The average Bonchev–Trinajstić information content (AvgIpc) is 2.91. The molecule has 0 bridgehead atoms. The molecule has 1 aromatic rings. The SMILES string of the molecule is COc1cc(N2C[C@H](CNS(C)(=O)=O)OC2=O)cc(OC)c1OC. The lowest BCUT2D eigenvalue weighted by Gasteiger charge is -2.18. The van der Waals surface area contributed by atoms with Crippen LogP contribution in [-0.2, 0) is 14.8 Å². The number of anilines is 1. The van der Waals surface area contributed by atoms with Crippen LogP contribution < -0.4 is 23.8 Å². The van der Waals surface area contributed by atoms with E-state index in [9.17, 15) is 13.2 Å². The topological polar surface area (TPSA) is 103 Å². The monoisotopic (exact) mass is 360 g/mol. The van der Waals surface area contributed by atoms with Crippen molar-refractivity contribution in [2.45, 2.75) is 6.10 Å². The molecule has 1 saturated heterocycles. The molecule has 0 spiro atoms. The second kappa shape index (κ2) is 7.14. The third kappa shape index (κ3) is 4.01. The third-order valence-corrected chi connectivity index (χ3v) is 4.10. The molecule has 1 aliphatic heterocycles. The molecule has 1 aromatic carbocycles. The number of sulfonamides is 1. The minimum Gasteiger partial charge on any atom is -0.493 e. The number of ether oxygens (including phenoxy) is 4. The van der Waals surface area contributed by atoms with Crippen molar-refractivity contribution >= 4 is 21.8 Å². The maximum absolute atomic E-state index is 12.1. The van der Waals surface area contributed by atoms with Crippen LogP contribution in [-0.4, -0.2) is 61.3 Å². The first-order valence-corrected chi connectivity index (χ1v) is 8.91. The summed E-state index contributed by atoms with van der Waals surface area (Å²) in [7, 11) is 1.07. The Bertz CT molecular complexity index is 695. The Morgan fingerprint density at radius 2 is 1.79 bits per heavy atom. The van der Waals surface area contributed by atoms with Gasteiger partial charge in [0.15, 0.2) is 11.5 Å². The van der Waals surface area contributed by atoms with E-state index in [1.807, 2.05) is 0 Å². The highest BCUT2D eigenvalue weighted by Gasteiger charge is 2.33. The van der Waals surface area contributed by atoms with Gasteiger partial charge in [-0.1, -0.05) is 0 Å². The molecule has 1 amide bonds. The van der Waals surface area contributed by atoms with Crippen molar-refractivity contribution in [2.75, 3.05) is 45.6 Å². The smallest absolute Gasteiger partial charge is 0.414 e. The second-order valence-electron chi connectivity index (χ2n) is 5.12. The number of methoxy groups -OCH3 is 3. The predicted octanol–water partition coefficient (Wildman–Crippen LogP) is 0.587. The van der Waals surface area contributed by atoms with Crippen LogP contribution in [0.5, 0.6) is 17.2 Å². The molecule has 10 heteroatoms. The van der Waals surface area contributed by atoms with Gasteiger partial charge >= 0.3 is 6.09 Å². The van der Waals surface area contributed by atoms with Crippen molar-refractivity contribution in [3.05, 3.63) is 12.1 Å². The molecular weight excluding hydrogens is 340 g/mol. The minimum absolute atomic E-state index is 0.00545. The molecular formula is C14H20N2O7S. The maximum Gasteiger partial charge on any atom is 0.414 e. The number of nitrogens with zero attached hydrogens (tertiary/aromatic N) is 1. The van der Waals surface area contributed by atoms with E-state index in [0.29, 0.717) is 22.9 Å². The van der Waals surface area contributed by atoms with Gasteiger partial charge in [-0.05, 0) is 0 Å². The lowest BCUT2D eigenvalue weighted by Crippen LogP contribution is -2.34. The largest absolute Gasteiger partial charge is 0.493 e. The summed E-state index contributed by atoms with van der Waals surface area (Å²) in [5.41, 5.74) is 0.497. The summed E-state index contributed by atoms with van der Waals surface area (Å²) >= 11 is 0. The van der Waals surface area contributed by atoms with Gasteiger partial charge in [0.2, 0.25) is 15.8 Å². The van der Waals surface area contributed by atoms with Gasteiger partial charge in [-0.25, -0.2) is 17.9 Å². The zero-order valence-electron chi connectivity index (χ0n) is 13.9. The van der Waals surface area contributed by atoms with Crippen molar-refractivity contribution < 1.29 is 32.2 Å². The fraction of sp³-hybridized carbons (Fsp3) is 0.500. The molecule has 0 aliphatic carbocycles. The molecule has 0 aromatic heterocycles. The average molecular weight is 360 g/mol. The van der Waals surface area contributed by atoms with E-state index in [-0.39, 0.29) is 13.1 Å². The van der Waals surface area contributed by atoms with Gasteiger partial charge in [-0.3, -0.25) is 4.90 Å². The fourth-order valence-corrected chi connectivity index (χ4v) is 2.79. The standard InChI is InChI=1S/C14H20N2O7S/c1-20-11-5-9(6-12(21-2)13(11)22-3)16-8-10(23-14(16)17)7-15-24(4,18)19/h5-6,10,15H,7-8H2,1-4H3/t10-/m0/s1. The number of cyclic esters (lactones) is 1. The number of rotatable bonds is 7. The molecule has 0 saturated carbocycles. The molecule has 1 heterocycles. The number of benzene rings is 1. The molecule has 1 fully saturated rings. The van der Waals surface area contributed by atoms with Gasteiger partial charge in [-0.15, -0.1) is 0 Å². The summed E-state index contributed by atoms with van der Waals surface area (Å²) in [6, 6.07) is 3.24. The van der Waals surface area contributed by atoms with Crippen molar-refractivity contribution in [3.63, 3.8) is 0 Å². The van der Waals surface area contributed by atoms with Crippen molar-refractivity contribution in [1.29, 1.82) is 0 Å². The van der Waals surface area contributed by atoms with E-state index in [1.165, 1.54) is 26.2 Å². The van der Waals surface area contributed by atoms with Crippen LogP contribution in [0.25, 0.3) is 0 Å². The predicted molar refractivity (Wildman–Crippen MR) is 86.6 cm³/mol. The zero-order chi connectivity index (χ0) is 17.9. The lowest BCUT2D eigenvalue weighted by atomic mass is 10.2. The van der Waals surface area contributed by atoms with Crippen molar-refractivity contribution in [1.82, 2.24) is 4.72 Å². The number of amides is 1. The Balaban J connectivity index is 2.23. The molecule has 2 rings (SSSR count). The van der Waals surface area contributed by atoms with Crippen molar-refractivity contribution in [2.24, 2.45) is 0 Å². The van der Waals surface area contributed by atoms with E-state index in [4.69, 9.17) is 18.9 Å². The summed E-state index contributed by atoms with van der Waals surface area (Å²) < 4.78 is 45.5. The molecule has 0 radical (unpaired) electrons. The van der Waals surface area contributed by atoms with Gasteiger partial charge in [0.1, 0.15) is 6.10 Å². The van der Waals surface area contributed by atoms with Gasteiger partial charge in [0.05, 0.1) is 39.8 Å². The normalized spacial score (nSPS) is 17.6. The van der Waals surface area contributed by atoms with E-state index < -0.39 is 22.2 Å². The van der Waals surface area contributed by atoms with E-state index in [2.05, 4.69) is 4.72 Å². The molecule has 24 heavy (non-hydrogen) atoms. The van der Waals surface area contributed by atoms with Gasteiger partial charge in [0, 0.05) is 18.7 Å². The molecule has 0 unspecified atom stereocenters. The Labute approximate surface area is 140 Å². The first-order chi connectivity index (χ1) is 11.3. The highest BCUT2D eigenvalue weighted by Crippen LogP contribution is 2.41. The summed E-state index contributed by atoms with van der Waals surface area (Å²) in [6.45, 7) is 0.200. The van der Waals surface area contributed by atoms with Crippen LogP contribution in [0.4, 0.5) is 10.5 Å². The third-order valence-electron chi connectivity index (χ3n) is 3.41. The second-order valence-corrected chi connectivity index (χ2v) is 6.95. The summed E-state index contributed by atoms with van der Waals surface area (Å²) in [6.07, 6.45) is -0.128. The molecule has 1 N–H and O–H groups in total. The number of hydrogen-bond acceptors (Lipinski definition) is 7. The first kappa shape index (κ1) is 18.1. The van der Waals surface area contributed by atoms with Crippen LogP contribution >= 0.6 is 0 Å². The summed E-state index contributed by atoms with van der Waals surface area (Å²) in [5.74, 6) is 1.21. The highest BCUT2D eigenvalue weighted by molar-refractivity contribution is 7.88. The number of nitrogens with one attached hydrogen (secondary N) is 1. The van der Waals surface area contributed by atoms with Crippen LogP contribution in [0.1, 0.15) is 0 Å². The Morgan fingerprint density at radius 3 is 2.25 bits per heavy atom. The van der Waals surface area contributed by atoms with E-state index in [1.54, 1.807) is 12.1 Å². The lowest BCUT2D eigenvalue weighted by molar-refractivity contribution is 0.143. The fourth-order valence-electron chi connectivity index (χ4n) is 2.31. The maximum atomic E-state index is 12.1. The minimum atomic E-state index is -3.36. The number of carbonyl (C=O) groups is 1. The zero-order valence-corrected chi connectivity index (χ0v) is 14.7. The molecule has 9 nitrogen and oxygen atoms in total. The summed E-state index contributed by atoms with van der Waals surface area (Å²) in [5, 5.41) is 0. The van der Waals surface area contributed by atoms with Gasteiger partial charge in [0.25, 0.3) is 0 Å². The number of hydrogen-bond donors (Lipinski definition) is 1. The van der Waals surface area contributed by atoms with Gasteiger partial charge < -0.3 is 18.9 Å². The Morgan fingerprint density at radius 1 is 1.21 bits per heavy atom. The number of carbonyl (C=O) groups excluding carboxylic acids is 1. The van der Waals surface area contributed by atoms with Crippen LogP contribution in [0, 0.1) is 0 Å². The highest BCUT2D eigenvalue weighted by atomic mass is 32.2. The Hall–Kier alpha value is -2.20. The van der Waals surface area contributed by atoms with E-state index in [0.717, 1.165) is 6.26 Å². The summed E-state index contributed by atoms with van der Waals surface area (Å²) in [4.78, 5) is 13.5.